The minimum atomic E-state index is -4.51. The third-order valence-corrected chi connectivity index (χ3v) is 6.14. The maximum Gasteiger partial charge on any atom is 0.416 e. The number of carboxylic acid groups (broad SMARTS) is 1. The van der Waals surface area contributed by atoms with E-state index >= 15 is 0 Å². The van der Waals surface area contributed by atoms with Crippen molar-refractivity contribution in [2.45, 2.75) is 32.0 Å². The highest BCUT2D eigenvalue weighted by molar-refractivity contribution is 5.94. The van der Waals surface area contributed by atoms with Gasteiger partial charge < -0.3 is 19.6 Å². The van der Waals surface area contributed by atoms with E-state index in [1.807, 2.05) is 37.3 Å². The molecule has 0 bridgehead atoms. The van der Waals surface area contributed by atoms with Crippen molar-refractivity contribution in [3.05, 3.63) is 113 Å². The van der Waals surface area contributed by atoms with E-state index in [1.54, 1.807) is 24.3 Å². The van der Waals surface area contributed by atoms with Gasteiger partial charge in [0.05, 0.1) is 17.9 Å². The zero-order valence-electron chi connectivity index (χ0n) is 22.0. The lowest BCUT2D eigenvalue weighted by Crippen LogP contribution is -2.41. The molecule has 0 unspecified atom stereocenters. The van der Waals surface area contributed by atoms with E-state index in [1.165, 1.54) is 18.2 Å². The van der Waals surface area contributed by atoms with Crippen molar-refractivity contribution in [3.63, 3.8) is 0 Å². The van der Waals surface area contributed by atoms with Crippen LogP contribution in [0.2, 0.25) is 0 Å². The van der Waals surface area contributed by atoms with Gasteiger partial charge in [-0.1, -0.05) is 42.5 Å². The Labute approximate surface area is 234 Å². The average Bonchev–Trinajstić information content (AvgIpc) is 3.32. The molecule has 0 saturated carbocycles. The number of carbonyl (C=O) groups excluding carboxylic acids is 1. The molecule has 3 aromatic carbocycles. The fraction of sp³-hybridized carbons (Fsp3) is 0.194. The fourth-order valence-electron chi connectivity index (χ4n) is 4.00. The zero-order valence-corrected chi connectivity index (χ0v) is 22.0. The first-order chi connectivity index (χ1) is 19.6. The van der Waals surface area contributed by atoms with Gasteiger partial charge in [0.15, 0.2) is 0 Å². The quantitative estimate of drug-likeness (QED) is 0.213. The van der Waals surface area contributed by atoms with Crippen molar-refractivity contribution < 1.29 is 37.0 Å². The minimum Gasteiger partial charge on any atom is -0.493 e. The molecule has 1 amide bonds. The van der Waals surface area contributed by atoms with E-state index in [0.29, 0.717) is 36.0 Å². The summed E-state index contributed by atoms with van der Waals surface area (Å²) < 4.78 is 50.2. The summed E-state index contributed by atoms with van der Waals surface area (Å²) in [5.74, 6) is -0.140. The molecule has 4 rings (SSSR count). The molecular formula is C31H27F3N2O5. The predicted molar refractivity (Wildman–Crippen MR) is 146 cm³/mol. The first-order valence-electron chi connectivity index (χ1n) is 12.7. The molecule has 212 valence electrons. The van der Waals surface area contributed by atoms with Gasteiger partial charge in [0.2, 0.25) is 11.8 Å². The van der Waals surface area contributed by atoms with Crippen LogP contribution in [0.5, 0.6) is 5.75 Å². The maximum atomic E-state index is 12.9. The van der Waals surface area contributed by atoms with E-state index in [-0.39, 0.29) is 12.0 Å². The number of halogens is 3. The summed E-state index contributed by atoms with van der Waals surface area (Å²) in [6, 6.07) is 19.6. The Morgan fingerprint density at radius 3 is 2.46 bits per heavy atom. The third kappa shape index (κ3) is 8.31. The summed E-state index contributed by atoms with van der Waals surface area (Å²) in [6.07, 6.45) is -1.78. The van der Waals surface area contributed by atoms with Gasteiger partial charge in [0.1, 0.15) is 17.6 Å². The number of alkyl halides is 3. The number of benzene rings is 3. The van der Waals surface area contributed by atoms with Crippen LogP contribution in [-0.4, -0.2) is 34.6 Å². The third-order valence-electron chi connectivity index (χ3n) is 6.14. The van der Waals surface area contributed by atoms with E-state index in [4.69, 9.17) is 9.15 Å². The van der Waals surface area contributed by atoms with Crippen molar-refractivity contribution in [1.29, 1.82) is 0 Å². The van der Waals surface area contributed by atoms with Crippen LogP contribution in [0.25, 0.3) is 17.5 Å². The van der Waals surface area contributed by atoms with E-state index in [2.05, 4.69) is 10.3 Å². The summed E-state index contributed by atoms with van der Waals surface area (Å²) in [5, 5.41) is 11.9. The van der Waals surface area contributed by atoms with Gasteiger partial charge in [0.25, 0.3) is 0 Å². The number of ether oxygens (including phenoxy) is 1. The topological polar surface area (TPSA) is 102 Å². The van der Waals surface area contributed by atoms with Gasteiger partial charge in [-0.2, -0.15) is 13.2 Å². The van der Waals surface area contributed by atoms with Crippen LogP contribution in [0.1, 0.15) is 28.1 Å². The lowest BCUT2D eigenvalue weighted by atomic mass is 10.1. The van der Waals surface area contributed by atoms with E-state index < -0.39 is 29.7 Å². The fourth-order valence-corrected chi connectivity index (χ4v) is 4.00. The maximum absolute atomic E-state index is 12.9. The molecule has 1 heterocycles. The molecule has 0 saturated heterocycles. The van der Waals surface area contributed by atoms with Crippen molar-refractivity contribution in [2.24, 2.45) is 0 Å². The molecule has 0 aliphatic heterocycles. The number of hydrogen-bond acceptors (Lipinski definition) is 5. The van der Waals surface area contributed by atoms with E-state index in [0.717, 1.165) is 29.5 Å². The highest BCUT2D eigenvalue weighted by atomic mass is 19.4. The number of aromatic nitrogens is 1. The Balaban J connectivity index is 1.29. The smallest absolute Gasteiger partial charge is 0.416 e. The summed E-state index contributed by atoms with van der Waals surface area (Å²) in [5.41, 5.74) is 1.64. The minimum absolute atomic E-state index is 0.000844. The first-order valence-corrected chi connectivity index (χ1v) is 12.7. The molecule has 2 N–H and O–H groups in total. The normalized spacial score (nSPS) is 12.3. The van der Waals surface area contributed by atoms with Crippen LogP contribution >= 0.6 is 0 Å². The van der Waals surface area contributed by atoms with Gasteiger partial charge in [-0.05, 0) is 60.5 Å². The molecule has 0 spiro atoms. The monoisotopic (exact) mass is 564 g/mol. The molecular weight excluding hydrogens is 537 g/mol. The van der Waals surface area contributed by atoms with Crippen LogP contribution in [0, 0.1) is 6.92 Å². The Bertz CT molecular complexity index is 1510. The average molecular weight is 565 g/mol. The standard InChI is InChI=1S/C31H27F3N2O5/c1-20-26(36-29(41-20)23-7-3-2-4-8-23)16-17-40-25-13-10-22(11-14-25)19-27(30(38)39)35-28(37)15-12-21-6-5-9-24(18-21)31(32,33)34/h2-15,18,27H,16-17,19H2,1H3,(H,35,37)(H,38,39)/t27-/m0/s1. The van der Waals surface area contributed by atoms with Crippen molar-refractivity contribution in [1.82, 2.24) is 10.3 Å². The van der Waals surface area contributed by atoms with E-state index in [9.17, 15) is 27.9 Å². The second-order valence-corrected chi connectivity index (χ2v) is 9.19. The van der Waals surface area contributed by atoms with Crippen molar-refractivity contribution in [3.8, 4) is 17.2 Å². The molecule has 1 aromatic heterocycles. The molecule has 10 heteroatoms. The Kier molecular flexibility index (Phi) is 9.23. The molecule has 0 aliphatic rings. The lowest BCUT2D eigenvalue weighted by Gasteiger charge is -2.14. The number of aryl methyl sites for hydroxylation is 1. The van der Waals surface area contributed by atoms with Crippen molar-refractivity contribution in [2.75, 3.05) is 6.61 Å². The molecule has 0 radical (unpaired) electrons. The Morgan fingerprint density at radius 1 is 1.05 bits per heavy atom. The molecule has 7 nitrogen and oxygen atoms in total. The van der Waals surface area contributed by atoms with Gasteiger partial charge in [-0.15, -0.1) is 0 Å². The summed E-state index contributed by atoms with van der Waals surface area (Å²) >= 11 is 0. The van der Waals surface area contributed by atoms with Gasteiger partial charge >= 0.3 is 12.1 Å². The lowest BCUT2D eigenvalue weighted by molar-refractivity contribution is -0.141. The summed E-state index contributed by atoms with van der Waals surface area (Å²) in [4.78, 5) is 28.6. The SMILES string of the molecule is Cc1oc(-c2ccccc2)nc1CCOc1ccc(C[C@H](NC(=O)C=Cc2cccc(C(F)(F)F)c2)C(=O)O)cc1. The number of carboxylic acids is 1. The predicted octanol–water partition coefficient (Wildman–Crippen LogP) is 6.12. The number of oxazole rings is 1. The highest BCUT2D eigenvalue weighted by Gasteiger charge is 2.30. The van der Waals surface area contributed by atoms with Gasteiger partial charge in [-0.3, -0.25) is 4.79 Å². The molecule has 41 heavy (non-hydrogen) atoms. The molecule has 4 aromatic rings. The van der Waals surface area contributed by atoms with Gasteiger partial charge in [0, 0.05) is 24.5 Å². The number of hydrogen-bond donors (Lipinski definition) is 2. The summed E-state index contributed by atoms with van der Waals surface area (Å²) in [6.45, 7) is 2.20. The molecule has 0 aliphatic carbocycles. The Morgan fingerprint density at radius 2 is 1.78 bits per heavy atom. The first kappa shape index (κ1) is 29.1. The number of nitrogens with zero attached hydrogens (tertiary/aromatic N) is 1. The highest BCUT2D eigenvalue weighted by Crippen LogP contribution is 2.29. The molecule has 0 fully saturated rings. The summed E-state index contributed by atoms with van der Waals surface area (Å²) in [7, 11) is 0. The van der Waals surface area contributed by atoms with Crippen molar-refractivity contribution >= 4 is 18.0 Å². The van der Waals surface area contributed by atoms with Crippen LogP contribution in [0.3, 0.4) is 0 Å². The van der Waals surface area contributed by atoms with Gasteiger partial charge in [-0.25, -0.2) is 9.78 Å². The number of rotatable bonds is 11. The van der Waals surface area contributed by atoms with Crippen LogP contribution in [0.15, 0.2) is 89.4 Å². The Hall–Kier alpha value is -4.86. The largest absolute Gasteiger partial charge is 0.493 e. The van der Waals surface area contributed by atoms with Crippen LogP contribution in [0.4, 0.5) is 13.2 Å². The zero-order chi connectivity index (χ0) is 29.4. The second kappa shape index (κ2) is 13.0. The number of nitrogens with one attached hydrogen (secondary N) is 1. The number of carbonyl (C=O) groups is 2. The number of aliphatic carboxylic acids is 1. The second-order valence-electron chi connectivity index (χ2n) is 9.19. The number of amides is 1. The molecule has 1 atom stereocenters. The van der Waals surface area contributed by atoms with Crippen LogP contribution < -0.4 is 10.1 Å². The van der Waals surface area contributed by atoms with Crippen LogP contribution in [-0.2, 0) is 28.6 Å².